The molecule has 0 aliphatic rings. The zero-order valence-corrected chi connectivity index (χ0v) is 33.0. The van der Waals surface area contributed by atoms with E-state index in [0.29, 0.717) is 0 Å². The van der Waals surface area contributed by atoms with E-state index in [0.717, 1.165) is 22.4 Å². The number of unbranched alkanes of at least 4 members (excludes halogenated alkanes) is 6. The second-order valence-corrected chi connectivity index (χ2v) is 16.1. The van der Waals surface area contributed by atoms with Crippen LogP contribution in [0.5, 0.6) is 0 Å². The first-order valence-electron chi connectivity index (χ1n) is 16.6. The summed E-state index contributed by atoms with van der Waals surface area (Å²) in [5.74, 6) is 0. The predicted molar refractivity (Wildman–Crippen MR) is 201 cm³/mol. The van der Waals surface area contributed by atoms with Gasteiger partial charge in [0, 0.05) is 9.52 Å². The second-order valence-electron chi connectivity index (χ2n) is 11.4. The van der Waals surface area contributed by atoms with Crippen molar-refractivity contribution in [2.24, 2.45) is 0 Å². The molecular weight excluding hydrogens is 671 g/mol. The molecular formula is C40H56Cl2SiZr. The van der Waals surface area contributed by atoms with Crippen molar-refractivity contribution < 1.29 is 20.8 Å². The molecule has 0 nitrogen and oxygen atoms in total. The number of allylic oxidation sites excluding steroid dienone is 2. The van der Waals surface area contributed by atoms with Gasteiger partial charge >= 0.3 is 37.9 Å². The summed E-state index contributed by atoms with van der Waals surface area (Å²) in [6.07, 6.45) is 21.3. The Balaban J connectivity index is 0.000000373. The van der Waals surface area contributed by atoms with E-state index >= 15 is 0 Å². The SMILES string of the molecule is C=CCCCCc1cccc2[cH-]c(CCCC)cc12.C=CCCCCc1cccc2[cH-]c(CCCC)cc12.C[Si]C.[Cl][Zr+2][Cl]. The van der Waals surface area contributed by atoms with Gasteiger partial charge < -0.3 is 0 Å². The van der Waals surface area contributed by atoms with Gasteiger partial charge in [-0.3, -0.25) is 0 Å². The molecule has 2 radical (unpaired) electrons. The molecule has 0 aliphatic heterocycles. The molecule has 4 aromatic rings. The number of aryl methyl sites for hydroxylation is 4. The maximum atomic E-state index is 4.93. The molecule has 0 aromatic heterocycles. The number of rotatable bonds is 16. The molecule has 0 atom stereocenters. The van der Waals surface area contributed by atoms with Gasteiger partial charge in [0.2, 0.25) is 0 Å². The topological polar surface area (TPSA) is 0 Å². The van der Waals surface area contributed by atoms with Crippen LogP contribution in [0.2, 0.25) is 13.1 Å². The van der Waals surface area contributed by atoms with E-state index < -0.39 is 20.8 Å². The standard InChI is InChI=1S/2C19H25.C2H6Si.2ClH.Zr/c2*1-3-5-7-8-11-17-12-9-13-18-14-16(10-6-4-2)15-19(17)18;1-3-2;;;/h2*3,9,12-15H,1,4-8,10-11H2,2H3;1-2H3;2*1H;/q2*-1;;;;+4/p-2. The predicted octanol–water partition coefficient (Wildman–Crippen LogP) is 13.8. The second kappa shape index (κ2) is 27.0. The molecule has 0 bridgehead atoms. The van der Waals surface area contributed by atoms with E-state index in [1.54, 1.807) is 0 Å². The summed E-state index contributed by atoms with van der Waals surface area (Å²) in [6.45, 7) is 16.4. The summed E-state index contributed by atoms with van der Waals surface area (Å²) in [6, 6.07) is 23.1. The number of hydrogen-bond acceptors (Lipinski definition) is 0. The molecule has 238 valence electrons. The van der Waals surface area contributed by atoms with Crippen LogP contribution < -0.4 is 0 Å². The van der Waals surface area contributed by atoms with Crippen LogP contribution in [-0.4, -0.2) is 9.52 Å². The summed E-state index contributed by atoms with van der Waals surface area (Å²) >= 11 is -0.826. The van der Waals surface area contributed by atoms with Gasteiger partial charge in [0.15, 0.2) is 0 Å². The van der Waals surface area contributed by atoms with E-state index in [-0.39, 0.29) is 0 Å². The molecule has 4 heteroatoms. The summed E-state index contributed by atoms with van der Waals surface area (Å²) in [4.78, 5) is 0. The Morgan fingerprint density at radius 2 is 1.05 bits per heavy atom. The van der Waals surface area contributed by atoms with Crippen molar-refractivity contribution in [3.8, 4) is 0 Å². The maximum absolute atomic E-state index is 4.93. The van der Waals surface area contributed by atoms with E-state index in [9.17, 15) is 0 Å². The molecule has 0 amide bonds. The molecule has 0 saturated carbocycles. The fraction of sp³-hybridized carbons (Fsp3) is 0.450. The van der Waals surface area contributed by atoms with Crippen molar-refractivity contribution in [1.82, 2.24) is 0 Å². The molecule has 0 fully saturated rings. The first-order valence-corrected chi connectivity index (χ1v) is 25.0. The minimum absolute atomic E-state index is 0.826. The van der Waals surface area contributed by atoms with Gasteiger partial charge in [-0.2, -0.15) is 12.1 Å². The monoisotopic (exact) mass is 724 g/mol. The normalized spacial score (nSPS) is 10.1. The van der Waals surface area contributed by atoms with E-state index in [1.807, 2.05) is 12.2 Å². The zero-order valence-electron chi connectivity index (χ0n) is 28.0. The number of benzene rings is 2. The molecule has 4 rings (SSSR count). The molecule has 0 unspecified atom stereocenters. The molecule has 4 aromatic carbocycles. The van der Waals surface area contributed by atoms with Gasteiger partial charge in [0.05, 0.1) is 0 Å². The number of fused-ring (bicyclic) bond motifs is 2. The molecule has 0 aliphatic carbocycles. The average molecular weight is 727 g/mol. The third kappa shape index (κ3) is 16.4. The first kappa shape index (κ1) is 40.8. The Kier molecular flexibility index (Phi) is 25.0. The zero-order chi connectivity index (χ0) is 32.4. The Hall–Kier alpha value is -1.18. The van der Waals surface area contributed by atoms with Crippen LogP contribution in [0.4, 0.5) is 0 Å². The fourth-order valence-electron chi connectivity index (χ4n) is 5.42. The Morgan fingerprint density at radius 1 is 0.659 bits per heavy atom. The van der Waals surface area contributed by atoms with Gasteiger partial charge in [-0.1, -0.05) is 88.0 Å². The molecule has 0 heterocycles. The Morgan fingerprint density at radius 3 is 1.39 bits per heavy atom. The molecule has 0 N–H and O–H groups in total. The van der Waals surface area contributed by atoms with Crippen molar-refractivity contribution in [2.75, 3.05) is 0 Å². The summed E-state index contributed by atoms with van der Waals surface area (Å²) in [7, 11) is 11.0. The molecule has 44 heavy (non-hydrogen) atoms. The summed E-state index contributed by atoms with van der Waals surface area (Å²) < 4.78 is 0. The van der Waals surface area contributed by atoms with E-state index in [1.165, 1.54) is 121 Å². The molecule has 0 saturated heterocycles. The third-order valence-corrected chi connectivity index (χ3v) is 7.65. The van der Waals surface area contributed by atoms with Gasteiger partial charge in [-0.15, -0.1) is 82.2 Å². The number of halogens is 2. The van der Waals surface area contributed by atoms with Gasteiger partial charge in [-0.25, -0.2) is 0 Å². The van der Waals surface area contributed by atoms with Crippen LogP contribution in [0.25, 0.3) is 21.5 Å². The van der Waals surface area contributed by atoms with Crippen LogP contribution in [-0.2, 0) is 46.5 Å². The average Bonchev–Trinajstić information content (AvgIpc) is 3.65. The summed E-state index contributed by atoms with van der Waals surface area (Å²) in [5, 5.41) is 5.80. The van der Waals surface area contributed by atoms with Crippen LogP contribution in [0, 0.1) is 0 Å². The number of hydrogen-bond donors (Lipinski definition) is 0. The van der Waals surface area contributed by atoms with Crippen molar-refractivity contribution in [1.29, 1.82) is 0 Å². The molecule has 0 spiro atoms. The van der Waals surface area contributed by atoms with E-state index in [2.05, 4.69) is 101 Å². The van der Waals surface area contributed by atoms with Gasteiger partial charge in [0.25, 0.3) is 0 Å². The van der Waals surface area contributed by atoms with Gasteiger partial charge in [0.1, 0.15) is 0 Å². The van der Waals surface area contributed by atoms with Crippen molar-refractivity contribution >= 4 is 48.1 Å². The van der Waals surface area contributed by atoms with Crippen LogP contribution >= 0.6 is 17.0 Å². The van der Waals surface area contributed by atoms with Crippen molar-refractivity contribution in [2.45, 2.75) is 117 Å². The quantitative estimate of drug-likeness (QED) is 0.0467. The van der Waals surface area contributed by atoms with Crippen LogP contribution in [0.1, 0.15) is 100 Å². The van der Waals surface area contributed by atoms with Crippen LogP contribution in [0.15, 0.2) is 86.0 Å². The third-order valence-electron chi connectivity index (χ3n) is 7.65. The minimum atomic E-state index is -0.826. The summed E-state index contributed by atoms with van der Waals surface area (Å²) in [5.41, 5.74) is 6.06. The first-order chi connectivity index (χ1) is 21.5. The van der Waals surface area contributed by atoms with E-state index in [4.69, 9.17) is 17.0 Å². The fourth-order valence-corrected chi connectivity index (χ4v) is 5.42. The van der Waals surface area contributed by atoms with Gasteiger partial charge in [-0.05, 0) is 64.2 Å². The Bertz CT molecular complexity index is 1190. The van der Waals surface area contributed by atoms with Crippen molar-refractivity contribution in [3.05, 3.63) is 108 Å². The van der Waals surface area contributed by atoms with Crippen LogP contribution in [0.3, 0.4) is 0 Å². The van der Waals surface area contributed by atoms with Crippen molar-refractivity contribution in [3.63, 3.8) is 0 Å². The Labute approximate surface area is 291 Å².